The van der Waals surface area contributed by atoms with Gasteiger partial charge in [0.05, 0.1) is 6.10 Å². The van der Waals surface area contributed by atoms with Gasteiger partial charge in [-0.3, -0.25) is 0 Å². The molecule has 4 rings (SSSR count). The van der Waals surface area contributed by atoms with Crippen LogP contribution in [0.3, 0.4) is 0 Å². The van der Waals surface area contributed by atoms with Crippen LogP contribution < -0.4 is 5.32 Å². The third-order valence-electron chi connectivity index (χ3n) is 5.63. The summed E-state index contributed by atoms with van der Waals surface area (Å²) in [5.74, 6) is 4.23. The van der Waals surface area contributed by atoms with E-state index >= 15 is 0 Å². The van der Waals surface area contributed by atoms with Gasteiger partial charge in [0.2, 0.25) is 0 Å². The highest BCUT2D eigenvalue weighted by Crippen LogP contribution is 2.53. The molecule has 110 valence electrons. The summed E-state index contributed by atoms with van der Waals surface area (Å²) in [4.78, 5) is 0. The van der Waals surface area contributed by atoms with Crippen molar-refractivity contribution in [1.29, 1.82) is 0 Å². The molecule has 4 aliphatic rings. The van der Waals surface area contributed by atoms with Crippen molar-refractivity contribution in [2.24, 2.45) is 23.7 Å². The molecule has 0 saturated heterocycles. The first-order valence-electron chi connectivity index (χ1n) is 8.57. The van der Waals surface area contributed by atoms with Gasteiger partial charge in [0, 0.05) is 12.6 Å². The minimum Gasteiger partial charge on any atom is -0.379 e. The zero-order valence-corrected chi connectivity index (χ0v) is 12.7. The van der Waals surface area contributed by atoms with Gasteiger partial charge in [-0.2, -0.15) is 0 Å². The number of rotatable bonds is 7. The Hall–Kier alpha value is -0.0800. The first kappa shape index (κ1) is 13.9. The quantitative estimate of drug-likeness (QED) is 0.710. The van der Waals surface area contributed by atoms with Crippen LogP contribution in [0.15, 0.2) is 0 Å². The minimum atomic E-state index is 0.386. The number of ether oxygens (including phenoxy) is 1. The zero-order chi connectivity index (χ0) is 13.2. The van der Waals surface area contributed by atoms with E-state index in [0.717, 1.165) is 36.3 Å². The van der Waals surface area contributed by atoms with Gasteiger partial charge in [-0.15, -0.1) is 0 Å². The molecule has 0 aromatic carbocycles. The molecule has 4 bridgehead atoms. The second-order valence-electron chi connectivity index (χ2n) is 7.54. The number of nitrogens with one attached hydrogen (secondary N) is 1. The fraction of sp³-hybridized carbons (Fsp3) is 1.00. The van der Waals surface area contributed by atoms with Crippen LogP contribution >= 0.6 is 0 Å². The van der Waals surface area contributed by atoms with E-state index in [2.05, 4.69) is 19.2 Å². The summed E-state index contributed by atoms with van der Waals surface area (Å²) >= 11 is 0. The van der Waals surface area contributed by atoms with Crippen molar-refractivity contribution in [3.05, 3.63) is 0 Å². The van der Waals surface area contributed by atoms with Crippen molar-refractivity contribution in [1.82, 2.24) is 5.32 Å². The molecule has 2 nitrogen and oxygen atoms in total. The summed E-state index contributed by atoms with van der Waals surface area (Å²) in [7, 11) is 0. The molecule has 0 heterocycles. The second kappa shape index (κ2) is 6.13. The van der Waals surface area contributed by atoms with Gasteiger partial charge in [-0.05, 0) is 89.0 Å². The highest BCUT2D eigenvalue weighted by Gasteiger charge is 2.47. The molecular formula is C17H31NO. The lowest BCUT2D eigenvalue weighted by Crippen LogP contribution is -2.54. The summed E-state index contributed by atoms with van der Waals surface area (Å²) in [6.45, 7) is 6.37. The summed E-state index contributed by atoms with van der Waals surface area (Å²) in [6.07, 6.45) is 10.5. The predicted octanol–water partition coefficient (Wildman–Crippen LogP) is 3.61. The molecule has 0 aliphatic heterocycles. The summed E-state index contributed by atoms with van der Waals surface area (Å²) in [5, 5.41) is 3.90. The van der Waals surface area contributed by atoms with Crippen LogP contribution in [0, 0.1) is 23.7 Å². The molecule has 0 atom stereocenters. The highest BCUT2D eigenvalue weighted by molar-refractivity contribution is 5.01. The first-order chi connectivity index (χ1) is 9.22. The normalized spacial score (nSPS) is 40.3. The van der Waals surface area contributed by atoms with Gasteiger partial charge >= 0.3 is 0 Å². The summed E-state index contributed by atoms with van der Waals surface area (Å²) < 4.78 is 5.60. The Morgan fingerprint density at radius 1 is 0.947 bits per heavy atom. The van der Waals surface area contributed by atoms with Crippen molar-refractivity contribution >= 4 is 0 Å². The molecular weight excluding hydrogens is 234 g/mol. The molecule has 4 fully saturated rings. The Morgan fingerprint density at radius 2 is 1.58 bits per heavy atom. The highest BCUT2D eigenvalue weighted by atomic mass is 16.5. The Morgan fingerprint density at radius 3 is 2.16 bits per heavy atom. The SMILES string of the molecule is CC(C)OCCCCNC1C2CC3CC(C2)CC1C3. The Bertz CT molecular complexity index is 261. The molecule has 0 amide bonds. The molecule has 0 unspecified atom stereocenters. The molecule has 0 aromatic rings. The Kier molecular flexibility index (Phi) is 4.48. The maximum Gasteiger partial charge on any atom is 0.0518 e. The van der Waals surface area contributed by atoms with Crippen LogP contribution in [0.2, 0.25) is 0 Å². The zero-order valence-electron chi connectivity index (χ0n) is 12.7. The lowest BCUT2D eigenvalue weighted by Gasteiger charge is -2.54. The maximum atomic E-state index is 5.60. The molecule has 4 saturated carbocycles. The number of hydrogen-bond donors (Lipinski definition) is 1. The van der Waals surface area contributed by atoms with Crippen molar-refractivity contribution in [3.8, 4) is 0 Å². The largest absolute Gasteiger partial charge is 0.379 e. The Balaban J connectivity index is 1.35. The van der Waals surface area contributed by atoms with Crippen LogP contribution in [0.5, 0.6) is 0 Å². The lowest BCUT2D eigenvalue weighted by atomic mass is 9.54. The van der Waals surface area contributed by atoms with Gasteiger partial charge < -0.3 is 10.1 Å². The van der Waals surface area contributed by atoms with E-state index in [-0.39, 0.29) is 0 Å². The summed E-state index contributed by atoms with van der Waals surface area (Å²) in [6, 6.07) is 0.860. The van der Waals surface area contributed by atoms with Crippen LogP contribution in [-0.4, -0.2) is 25.3 Å². The van der Waals surface area contributed by atoms with Gasteiger partial charge in [0.1, 0.15) is 0 Å². The molecule has 0 aromatic heterocycles. The van der Waals surface area contributed by atoms with Gasteiger partial charge in [-0.1, -0.05) is 0 Å². The number of hydrogen-bond acceptors (Lipinski definition) is 2. The van der Waals surface area contributed by atoms with Crippen LogP contribution in [-0.2, 0) is 4.74 Å². The lowest BCUT2D eigenvalue weighted by molar-refractivity contribution is -0.0138. The Labute approximate surface area is 118 Å². The third kappa shape index (κ3) is 3.33. The van der Waals surface area contributed by atoms with E-state index in [1.165, 1.54) is 45.1 Å². The monoisotopic (exact) mass is 265 g/mol. The molecule has 1 N–H and O–H groups in total. The standard InChI is InChI=1S/C17H31NO/c1-12(2)19-6-4-3-5-18-17-15-8-13-7-14(10-15)11-16(17)9-13/h12-18H,3-11H2,1-2H3. The fourth-order valence-corrected chi connectivity index (χ4v) is 5.07. The van der Waals surface area contributed by atoms with Crippen LogP contribution in [0.1, 0.15) is 58.8 Å². The van der Waals surface area contributed by atoms with E-state index in [1.807, 2.05) is 0 Å². The minimum absolute atomic E-state index is 0.386. The van der Waals surface area contributed by atoms with Crippen molar-refractivity contribution in [2.45, 2.75) is 70.9 Å². The van der Waals surface area contributed by atoms with E-state index in [9.17, 15) is 0 Å². The topological polar surface area (TPSA) is 21.3 Å². The molecule has 4 aliphatic carbocycles. The summed E-state index contributed by atoms with van der Waals surface area (Å²) in [5.41, 5.74) is 0. The van der Waals surface area contributed by atoms with Crippen LogP contribution in [0.4, 0.5) is 0 Å². The average Bonchev–Trinajstić information content (AvgIpc) is 2.35. The smallest absolute Gasteiger partial charge is 0.0518 e. The van der Waals surface area contributed by atoms with Gasteiger partial charge in [0.25, 0.3) is 0 Å². The molecule has 2 heteroatoms. The molecule has 0 radical (unpaired) electrons. The molecule has 0 spiro atoms. The van der Waals surface area contributed by atoms with E-state index in [0.29, 0.717) is 6.10 Å². The molecule has 19 heavy (non-hydrogen) atoms. The van der Waals surface area contributed by atoms with Crippen molar-refractivity contribution in [2.75, 3.05) is 13.2 Å². The average molecular weight is 265 g/mol. The number of unbranched alkanes of at least 4 members (excludes halogenated alkanes) is 1. The van der Waals surface area contributed by atoms with Gasteiger partial charge in [0.15, 0.2) is 0 Å². The van der Waals surface area contributed by atoms with E-state index in [1.54, 1.807) is 6.42 Å². The maximum absolute atomic E-state index is 5.60. The first-order valence-corrected chi connectivity index (χ1v) is 8.57. The fourth-order valence-electron chi connectivity index (χ4n) is 5.07. The van der Waals surface area contributed by atoms with Crippen molar-refractivity contribution in [3.63, 3.8) is 0 Å². The third-order valence-corrected chi connectivity index (χ3v) is 5.63. The van der Waals surface area contributed by atoms with Crippen molar-refractivity contribution < 1.29 is 4.74 Å². The van der Waals surface area contributed by atoms with E-state index in [4.69, 9.17) is 4.74 Å². The predicted molar refractivity (Wildman–Crippen MR) is 79.2 cm³/mol. The van der Waals surface area contributed by atoms with E-state index < -0.39 is 0 Å². The second-order valence-corrected chi connectivity index (χ2v) is 7.54. The van der Waals surface area contributed by atoms with Crippen LogP contribution in [0.25, 0.3) is 0 Å². The van der Waals surface area contributed by atoms with Gasteiger partial charge in [-0.25, -0.2) is 0 Å².